The van der Waals surface area contributed by atoms with Gasteiger partial charge in [-0.2, -0.15) is 0 Å². The molecule has 0 aliphatic carbocycles. The second-order valence-electron chi connectivity index (χ2n) is 7.35. The van der Waals surface area contributed by atoms with Gasteiger partial charge in [-0.05, 0) is 31.0 Å². The Bertz CT molecular complexity index is 1130. The number of nitrogens with one attached hydrogen (secondary N) is 2. The number of thiazole rings is 1. The molecule has 2 aromatic heterocycles. The molecule has 0 fully saturated rings. The van der Waals surface area contributed by atoms with Crippen molar-refractivity contribution < 1.29 is 9.59 Å². The van der Waals surface area contributed by atoms with Crippen molar-refractivity contribution in [1.82, 2.24) is 25.1 Å². The lowest BCUT2D eigenvalue weighted by Crippen LogP contribution is -2.33. The highest BCUT2D eigenvalue weighted by Crippen LogP contribution is 2.26. The van der Waals surface area contributed by atoms with Gasteiger partial charge in [-0.3, -0.25) is 9.59 Å². The highest BCUT2D eigenvalue weighted by atomic mass is 35.5. The number of hydrogen-bond acceptors (Lipinski definition) is 7. The quantitative estimate of drug-likeness (QED) is 0.422. The summed E-state index contributed by atoms with van der Waals surface area (Å²) in [6.45, 7) is 5.81. The smallest absolute Gasteiger partial charge is 0.253 e. The Labute approximate surface area is 204 Å². The van der Waals surface area contributed by atoms with Crippen molar-refractivity contribution >= 4 is 63.2 Å². The van der Waals surface area contributed by atoms with Gasteiger partial charge in [0.05, 0.1) is 28.1 Å². The summed E-state index contributed by atoms with van der Waals surface area (Å²) in [7, 11) is 1.80. The molecule has 3 aromatic rings. The molecule has 0 saturated heterocycles. The fraction of sp³-hybridized carbons (Fsp3) is 0.350. The van der Waals surface area contributed by atoms with Crippen LogP contribution >= 0.6 is 46.3 Å². The number of aromatic nitrogens is 4. The molecule has 2 amide bonds. The normalized spacial score (nSPS) is 12.1. The van der Waals surface area contributed by atoms with E-state index >= 15 is 0 Å². The largest absolute Gasteiger partial charge is 0.342 e. The first kappa shape index (κ1) is 24.5. The molecule has 32 heavy (non-hydrogen) atoms. The lowest BCUT2D eigenvalue weighted by atomic mass is 10.0. The summed E-state index contributed by atoms with van der Waals surface area (Å²) in [5.41, 5.74) is 1.19. The molecule has 0 aliphatic rings. The predicted octanol–water partition coefficient (Wildman–Crippen LogP) is 4.74. The summed E-state index contributed by atoms with van der Waals surface area (Å²) < 4.78 is 1.78. The zero-order chi connectivity index (χ0) is 23.4. The van der Waals surface area contributed by atoms with Crippen LogP contribution < -0.4 is 10.6 Å². The summed E-state index contributed by atoms with van der Waals surface area (Å²) in [4.78, 5) is 29.2. The molecule has 1 atom stereocenters. The maximum absolute atomic E-state index is 12.8. The Morgan fingerprint density at radius 3 is 2.62 bits per heavy atom. The van der Waals surface area contributed by atoms with E-state index in [4.69, 9.17) is 23.2 Å². The first-order valence-corrected chi connectivity index (χ1v) is 12.3. The topological polar surface area (TPSA) is 102 Å². The molecular formula is C20H22Cl2N6O2S2. The molecular weight excluding hydrogens is 491 g/mol. The summed E-state index contributed by atoms with van der Waals surface area (Å²) in [5.74, 6) is 0.253. The fourth-order valence-electron chi connectivity index (χ4n) is 2.84. The van der Waals surface area contributed by atoms with Gasteiger partial charge in [-0.15, -0.1) is 21.5 Å². The molecule has 12 heteroatoms. The van der Waals surface area contributed by atoms with Gasteiger partial charge in [-0.25, -0.2) is 4.98 Å². The number of carbonyl (C=O) groups excluding carboxylic acids is 2. The van der Waals surface area contributed by atoms with Crippen molar-refractivity contribution in [1.29, 1.82) is 0 Å². The molecule has 170 valence electrons. The van der Waals surface area contributed by atoms with Crippen LogP contribution in [0, 0.1) is 12.8 Å². The third kappa shape index (κ3) is 6.00. The summed E-state index contributed by atoms with van der Waals surface area (Å²) >= 11 is 14.7. The first-order chi connectivity index (χ1) is 15.2. The van der Waals surface area contributed by atoms with Crippen molar-refractivity contribution in [3.05, 3.63) is 50.7 Å². The second-order valence-corrected chi connectivity index (χ2v) is 9.99. The zero-order valence-corrected chi connectivity index (χ0v) is 21.0. The maximum Gasteiger partial charge on any atom is 0.253 e. The number of hydrogen-bond donors (Lipinski definition) is 2. The highest BCUT2D eigenvalue weighted by molar-refractivity contribution is 7.99. The number of halogens is 2. The molecule has 1 aromatic carbocycles. The average Bonchev–Trinajstić information content (AvgIpc) is 3.29. The molecule has 8 nitrogen and oxygen atoms in total. The number of rotatable bonds is 8. The molecule has 0 saturated carbocycles. The number of anilines is 1. The lowest BCUT2D eigenvalue weighted by molar-refractivity contribution is -0.113. The van der Waals surface area contributed by atoms with Crippen molar-refractivity contribution in [2.45, 2.75) is 32.0 Å². The van der Waals surface area contributed by atoms with Crippen molar-refractivity contribution in [3.63, 3.8) is 0 Å². The van der Waals surface area contributed by atoms with E-state index < -0.39 is 6.04 Å². The molecule has 2 N–H and O–H groups in total. The number of amides is 2. The molecule has 3 rings (SSSR count). The van der Waals surface area contributed by atoms with Crippen LogP contribution in [0.2, 0.25) is 10.0 Å². The van der Waals surface area contributed by atoms with E-state index in [2.05, 4.69) is 25.8 Å². The number of aryl methyl sites for hydroxylation is 1. The zero-order valence-electron chi connectivity index (χ0n) is 17.8. The summed E-state index contributed by atoms with van der Waals surface area (Å²) in [6, 6.07) is 4.31. The number of benzene rings is 1. The van der Waals surface area contributed by atoms with Crippen LogP contribution in [0.5, 0.6) is 0 Å². The first-order valence-electron chi connectivity index (χ1n) is 9.65. The number of nitrogens with zero attached hydrogens (tertiary/aromatic N) is 4. The standard InChI is InChI=1S/C20H22Cl2N6O2S2/c1-10(2)16(25-18(30)13-6-5-12(21)7-14(13)22)17-26-27-20(28(17)4)32-9-15(29)24-19-23-11(3)8-31-19/h5-8,10,16H,9H2,1-4H3,(H,25,30)(H,23,24,29)/t16-/m1/s1. The van der Waals surface area contributed by atoms with Crippen LogP contribution in [0.25, 0.3) is 0 Å². The molecule has 0 aliphatic heterocycles. The predicted molar refractivity (Wildman–Crippen MR) is 129 cm³/mol. The lowest BCUT2D eigenvalue weighted by Gasteiger charge is -2.22. The van der Waals surface area contributed by atoms with Gasteiger partial charge < -0.3 is 15.2 Å². The summed E-state index contributed by atoms with van der Waals surface area (Å²) in [6.07, 6.45) is 0. The van der Waals surface area contributed by atoms with E-state index in [-0.39, 0.29) is 28.5 Å². The van der Waals surface area contributed by atoms with Crippen LogP contribution in [0.3, 0.4) is 0 Å². The molecule has 0 bridgehead atoms. The monoisotopic (exact) mass is 512 g/mol. The number of thioether (sulfide) groups is 1. The number of carbonyl (C=O) groups is 2. The molecule has 0 unspecified atom stereocenters. The molecule has 0 radical (unpaired) electrons. The van der Waals surface area contributed by atoms with Gasteiger partial charge in [0.2, 0.25) is 5.91 Å². The van der Waals surface area contributed by atoms with E-state index in [1.54, 1.807) is 23.7 Å². The molecule has 2 heterocycles. The average molecular weight is 513 g/mol. The van der Waals surface area contributed by atoms with Gasteiger partial charge in [0.25, 0.3) is 5.91 Å². The SMILES string of the molecule is Cc1csc(NC(=O)CSc2nnc([C@H](NC(=O)c3ccc(Cl)cc3Cl)C(C)C)n2C)n1. The van der Waals surface area contributed by atoms with Gasteiger partial charge in [-0.1, -0.05) is 48.8 Å². The van der Waals surface area contributed by atoms with E-state index in [1.807, 2.05) is 26.2 Å². The van der Waals surface area contributed by atoms with Crippen molar-refractivity contribution in [2.75, 3.05) is 11.1 Å². The third-order valence-electron chi connectivity index (χ3n) is 4.47. The van der Waals surface area contributed by atoms with Gasteiger partial charge in [0, 0.05) is 17.5 Å². The van der Waals surface area contributed by atoms with Crippen LogP contribution in [0.4, 0.5) is 5.13 Å². The second kappa shape index (κ2) is 10.7. The van der Waals surface area contributed by atoms with Crippen LogP contribution in [0.15, 0.2) is 28.7 Å². The van der Waals surface area contributed by atoms with E-state index in [0.29, 0.717) is 26.7 Å². The van der Waals surface area contributed by atoms with Crippen molar-refractivity contribution in [3.8, 4) is 0 Å². The van der Waals surface area contributed by atoms with Gasteiger partial charge >= 0.3 is 0 Å². The third-order valence-corrected chi connectivity index (χ3v) is 6.92. The maximum atomic E-state index is 12.8. The minimum absolute atomic E-state index is 0.0298. The van der Waals surface area contributed by atoms with Crippen LogP contribution in [-0.2, 0) is 11.8 Å². The molecule has 0 spiro atoms. The Balaban J connectivity index is 1.68. The Morgan fingerprint density at radius 1 is 1.25 bits per heavy atom. The van der Waals surface area contributed by atoms with Crippen molar-refractivity contribution in [2.24, 2.45) is 13.0 Å². The minimum atomic E-state index is -0.409. The minimum Gasteiger partial charge on any atom is -0.342 e. The Morgan fingerprint density at radius 2 is 2.00 bits per heavy atom. The van der Waals surface area contributed by atoms with Crippen LogP contribution in [-0.4, -0.2) is 37.3 Å². The van der Waals surface area contributed by atoms with E-state index in [1.165, 1.54) is 29.2 Å². The van der Waals surface area contributed by atoms with Crippen LogP contribution in [0.1, 0.15) is 41.8 Å². The Kier molecular flexibility index (Phi) is 8.16. The Hall–Kier alpha value is -2.14. The highest BCUT2D eigenvalue weighted by Gasteiger charge is 2.26. The van der Waals surface area contributed by atoms with E-state index in [9.17, 15) is 9.59 Å². The van der Waals surface area contributed by atoms with E-state index in [0.717, 1.165) is 5.69 Å². The van der Waals surface area contributed by atoms with Gasteiger partial charge in [0.1, 0.15) is 0 Å². The summed E-state index contributed by atoms with van der Waals surface area (Å²) in [5, 5.41) is 17.9. The fourth-order valence-corrected chi connectivity index (χ4v) is 4.76. The van der Waals surface area contributed by atoms with Gasteiger partial charge in [0.15, 0.2) is 16.1 Å².